The van der Waals surface area contributed by atoms with Crippen molar-refractivity contribution in [3.05, 3.63) is 33.9 Å². The van der Waals surface area contributed by atoms with Crippen molar-refractivity contribution in [3.8, 4) is 0 Å². The van der Waals surface area contributed by atoms with Crippen LogP contribution < -0.4 is 5.73 Å². The third kappa shape index (κ3) is 3.23. The molecule has 1 saturated carbocycles. The number of benzene rings is 1. The Bertz CT molecular complexity index is 456. The molecule has 5 nitrogen and oxygen atoms in total. The van der Waals surface area contributed by atoms with Gasteiger partial charge in [-0.2, -0.15) is 0 Å². The molecule has 1 aliphatic rings. The Kier molecular flexibility index (Phi) is 4.37. The molecule has 0 spiro atoms. The first kappa shape index (κ1) is 13.8. The predicted octanol–water partition coefficient (Wildman–Crippen LogP) is 2.94. The van der Waals surface area contributed by atoms with E-state index in [0.717, 1.165) is 5.56 Å². The number of nitro benzene ring substituents is 1. The average molecular weight is 263 g/mol. The molecule has 2 rings (SSSR count). The van der Waals surface area contributed by atoms with Gasteiger partial charge in [-0.1, -0.05) is 31.4 Å². The van der Waals surface area contributed by atoms with Crippen LogP contribution in [0.4, 0.5) is 11.4 Å². The van der Waals surface area contributed by atoms with Crippen molar-refractivity contribution in [3.63, 3.8) is 0 Å². The highest BCUT2D eigenvalue weighted by molar-refractivity contribution is 5.62. The zero-order valence-electron chi connectivity index (χ0n) is 11.3. The molecule has 0 amide bonds. The van der Waals surface area contributed by atoms with Gasteiger partial charge in [-0.15, -0.1) is 0 Å². The van der Waals surface area contributed by atoms with E-state index in [1.165, 1.54) is 38.2 Å². The van der Waals surface area contributed by atoms with Crippen LogP contribution >= 0.6 is 0 Å². The van der Waals surface area contributed by atoms with Crippen LogP contribution in [0.3, 0.4) is 0 Å². The molecule has 2 N–H and O–H groups in total. The van der Waals surface area contributed by atoms with Gasteiger partial charge in [-0.05, 0) is 25.5 Å². The van der Waals surface area contributed by atoms with Gasteiger partial charge in [0.2, 0.25) is 0 Å². The number of nitrogen functional groups attached to an aromatic ring is 1. The molecule has 0 aromatic heterocycles. The van der Waals surface area contributed by atoms with E-state index in [1.807, 2.05) is 6.07 Å². The quantitative estimate of drug-likeness (QED) is 0.515. The standard InChI is InChI=1S/C14H21N3O2/c1-16(12-7-3-2-4-8-12)10-11-6-5-9-13(14(11)15)17(18)19/h5-6,9,12H,2-4,7-8,10,15H2,1H3. The van der Waals surface area contributed by atoms with Crippen LogP contribution in [-0.4, -0.2) is 22.9 Å². The molecule has 19 heavy (non-hydrogen) atoms. The minimum absolute atomic E-state index is 0.00884. The van der Waals surface area contributed by atoms with E-state index in [1.54, 1.807) is 6.07 Å². The third-order valence-corrected chi connectivity index (χ3v) is 3.99. The Morgan fingerprint density at radius 2 is 2.05 bits per heavy atom. The van der Waals surface area contributed by atoms with Crippen molar-refractivity contribution in [2.24, 2.45) is 0 Å². The summed E-state index contributed by atoms with van der Waals surface area (Å²) in [6.45, 7) is 0.679. The van der Waals surface area contributed by atoms with Crippen LogP contribution in [-0.2, 0) is 6.54 Å². The summed E-state index contributed by atoms with van der Waals surface area (Å²) in [6, 6.07) is 5.62. The summed E-state index contributed by atoms with van der Waals surface area (Å²) >= 11 is 0. The molecule has 5 heteroatoms. The second-order valence-electron chi connectivity index (χ2n) is 5.31. The van der Waals surface area contributed by atoms with Gasteiger partial charge < -0.3 is 5.73 Å². The fourth-order valence-electron chi connectivity index (χ4n) is 2.82. The molecule has 0 bridgehead atoms. The van der Waals surface area contributed by atoms with Crippen LogP contribution in [0.2, 0.25) is 0 Å². The van der Waals surface area contributed by atoms with E-state index in [9.17, 15) is 10.1 Å². The van der Waals surface area contributed by atoms with E-state index in [4.69, 9.17) is 5.73 Å². The zero-order chi connectivity index (χ0) is 13.8. The predicted molar refractivity (Wildman–Crippen MR) is 75.8 cm³/mol. The van der Waals surface area contributed by atoms with Gasteiger partial charge in [0.15, 0.2) is 0 Å². The summed E-state index contributed by atoms with van der Waals surface area (Å²) in [6.07, 6.45) is 6.30. The van der Waals surface area contributed by atoms with Crippen LogP contribution in [0.25, 0.3) is 0 Å². The Morgan fingerprint density at radius 3 is 2.68 bits per heavy atom. The number of hydrogen-bond acceptors (Lipinski definition) is 4. The van der Waals surface area contributed by atoms with E-state index in [0.29, 0.717) is 18.3 Å². The largest absolute Gasteiger partial charge is 0.393 e. The van der Waals surface area contributed by atoms with E-state index >= 15 is 0 Å². The number of para-hydroxylation sites is 1. The van der Waals surface area contributed by atoms with Crippen molar-refractivity contribution in [2.45, 2.75) is 44.7 Å². The first-order valence-electron chi connectivity index (χ1n) is 6.81. The van der Waals surface area contributed by atoms with Gasteiger partial charge in [-0.3, -0.25) is 15.0 Å². The highest BCUT2D eigenvalue weighted by atomic mass is 16.6. The number of nitrogens with two attached hydrogens (primary N) is 1. The Balaban J connectivity index is 2.10. The SMILES string of the molecule is CN(Cc1cccc([N+](=O)[O-])c1N)C1CCCCC1. The van der Waals surface area contributed by atoms with Gasteiger partial charge in [0.05, 0.1) is 4.92 Å². The van der Waals surface area contributed by atoms with Crippen LogP contribution in [0.1, 0.15) is 37.7 Å². The maximum atomic E-state index is 10.9. The summed E-state index contributed by atoms with van der Waals surface area (Å²) in [4.78, 5) is 12.7. The van der Waals surface area contributed by atoms with Gasteiger partial charge >= 0.3 is 0 Å². The van der Waals surface area contributed by atoms with Crippen molar-refractivity contribution in [1.29, 1.82) is 0 Å². The van der Waals surface area contributed by atoms with Gasteiger partial charge in [0.1, 0.15) is 5.69 Å². The highest BCUT2D eigenvalue weighted by Crippen LogP contribution is 2.28. The lowest BCUT2D eigenvalue weighted by atomic mass is 9.94. The smallest absolute Gasteiger partial charge is 0.292 e. The van der Waals surface area contributed by atoms with Crippen LogP contribution in [0, 0.1) is 10.1 Å². The molecule has 1 fully saturated rings. The maximum Gasteiger partial charge on any atom is 0.292 e. The van der Waals surface area contributed by atoms with E-state index in [-0.39, 0.29) is 5.69 Å². The van der Waals surface area contributed by atoms with Crippen molar-refractivity contribution in [1.82, 2.24) is 4.90 Å². The summed E-state index contributed by atoms with van der Waals surface area (Å²) in [7, 11) is 2.08. The second-order valence-corrected chi connectivity index (χ2v) is 5.31. The summed E-state index contributed by atoms with van der Waals surface area (Å²) in [5, 5.41) is 10.9. The monoisotopic (exact) mass is 263 g/mol. The molecular formula is C14H21N3O2. The van der Waals surface area contributed by atoms with Gasteiger partial charge in [-0.25, -0.2) is 0 Å². The molecule has 0 saturated heterocycles. The number of rotatable bonds is 4. The Labute approximate surface area is 113 Å². The fraction of sp³-hybridized carbons (Fsp3) is 0.571. The first-order chi connectivity index (χ1) is 9.09. The first-order valence-corrected chi connectivity index (χ1v) is 6.81. The lowest BCUT2D eigenvalue weighted by molar-refractivity contribution is -0.384. The second kappa shape index (κ2) is 6.02. The molecule has 0 radical (unpaired) electrons. The van der Waals surface area contributed by atoms with E-state index < -0.39 is 4.92 Å². The van der Waals surface area contributed by atoms with Crippen LogP contribution in [0.5, 0.6) is 0 Å². The minimum atomic E-state index is -0.417. The Morgan fingerprint density at radius 1 is 1.37 bits per heavy atom. The molecule has 0 atom stereocenters. The fourth-order valence-corrected chi connectivity index (χ4v) is 2.82. The van der Waals surface area contributed by atoms with Crippen molar-refractivity contribution in [2.75, 3.05) is 12.8 Å². The molecule has 1 aromatic carbocycles. The Hall–Kier alpha value is -1.62. The lowest BCUT2D eigenvalue weighted by Crippen LogP contribution is -2.33. The number of hydrogen-bond donors (Lipinski definition) is 1. The molecule has 104 valence electrons. The lowest BCUT2D eigenvalue weighted by Gasteiger charge is -2.31. The highest BCUT2D eigenvalue weighted by Gasteiger charge is 2.20. The average Bonchev–Trinajstić information content (AvgIpc) is 2.41. The number of nitro groups is 1. The molecule has 1 aliphatic carbocycles. The molecule has 0 aliphatic heterocycles. The zero-order valence-corrected chi connectivity index (χ0v) is 11.3. The van der Waals surface area contributed by atoms with Crippen molar-refractivity contribution < 1.29 is 4.92 Å². The third-order valence-electron chi connectivity index (χ3n) is 3.99. The summed E-state index contributed by atoms with van der Waals surface area (Å²) in [5.41, 5.74) is 7.05. The molecule has 0 heterocycles. The van der Waals surface area contributed by atoms with Gasteiger partial charge in [0, 0.05) is 18.7 Å². The molecule has 0 unspecified atom stereocenters. The van der Waals surface area contributed by atoms with E-state index in [2.05, 4.69) is 11.9 Å². The molecular weight excluding hydrogens is 242 g/mol. The van der Waals surface area contributed by atoms with Gasteiger partial charge in [0.25, 0.3) is 5.69 Å². The summed E-state index contributed by atoms with van der Waals surface area (Å²) < 4.78 is 0. The number of anilines is 1. The van der Waals surface area contributed by atoms with Crippen LogP contribution in [0.15, 0.2) is 18.2 Å². The number of nitrogens with zero attached hydrogens (tertiary/aromatic N) is 2. The topological polar surface area (TPSA) is 72.4 Å². The molecule has 1 aromatic rings. The maximum absolute atomic E-state index is 10.9. The minimum Gasteiger partial charge on any atom is -0.393 e. The summed E-state index contributed by atoms with van der Waals surface area (Å²) in [5.74, 6) is 0. The normalized spacial score (nSPS) is 16.7. The van der Waals surface area contributed by atoms with Crippen molar-refractivity contribution >= 4 is 11.4 Å².